The van der Waals surface area contributed by atoms with E-state index in [9.17, 15) is 79.5 Å². The van der Waals surface area contributed by atoms with E-state index >= 15 is 0 Å². The van der Waals surface area contributed by atoms with Crippen molar-refractivity contribution in [1.82, 2.24) is 29.4 Å². The fraction of sp³-hybridized carbons (Fsp3) is 0.483. The lowest BCUT2D eigenvalue weighted by molar-refractivity contribution is -0.313. The lowest BCUT2D eigenvalue weighted by Crippen LogP contribution is -2.57. The maximum absolute atomic E-state index is 13.3. The lowest BCUT2D eigenvalue weighted by Gasteiger charge is -2.37. The predicted octanol–water partition coefficient (Wildman–Crippen LogP) is 0.430. The van der Waals surface area contributed by atoms with Gasteiger partial charge in [-0.05, 0) is 61.3 Å². The smallest absolute Gasteiger partial charge is 0.336 e. The topological polar surface area (TPSA) is 537 Å². The van der Waals surface area contributed by atoms with Crippen LogP contribution < -0.4 is 58.5 Å². The molecule has 32 nitrogen and oxygen atoms in total. The predicted molar refractivity (Wildman–Crippen MR) is 346 cm³/mol. The molecule has 2 aromatic heterocycles. The SMILES string of the molecule is C.CCCC.CCCC.CCN.CCN.Cn1c(=O)n([C@@H]2O[C@H](COP(=O)([O-])CP(=O)([O-])[O-])C(O)[C@@H]2O)cc/c1=N/OCc1ccc(-c2cn(CCCCCCNC(=O)c3ccc(C4=C5C=CC(=[NH2+])C(S(=O)(=O)[O-])C5Oc5c4ccc([NH3+])c5S(=O)(=O)[O-])c(C(=O)O)c3)nn2)cc1. The van der Waals surface area contributed by atoms with Crippen molar-refractivity contribution in [2.24, 2.45) is 23.7 Å². The number of nitrogens with zero attached hydrogens (tertiary/aromatic N) is 6. The summed E-state index contributed by atoms with van der Waals surface area (Å²) >= 11 is 0. The minimum Gasteiger partial charge on any atom is -0.810 e. The number of aromatic carboxylic acids is 1. The summed E-state index contributed by atoms with van der Waals surface area (Å²) in [5.74, 6) is -4.58. The van der Waals surface area contributed by atoms with Crippen LogP contribution in [0.4, 0.5) is 5.69 Å². The summed E-state index contributed by atoms with van der Waals surface area (Å²) in [6.07, 6.45) is 5.05. The maximum atomic E-state index is 13.3. The number of amides is 1. The Morgan fingerprint density at radius 3 is 2.04 bits per heavy atom. The van der Waals surface area contributed by atoms with Crippen LogP contribution in [0.5, 0.6) is 5.75 Å². The second-order valence-electron chi connectivity index (χ2n) is 21.6. The molecule has 36 heteroatoms. The van der Waals surface area contributed by atoms with Crippen molar-refractivity contribution in [1.29, 1.82) is 0 Å². The van der Waals surface area contributed by atoms with Crippen LogP contribution in [-0.2, 0) is 63.7 Å². The summed E-state index contributed by atoms with van der Waals surface area (Å²) in [7, 11) is -19.9. The molecule has 0 bridgehead atoms. The van der Waals surface area contributed by atoms with Gasteiger partial charge in [-0.25, -0.2) is 26.4 Å². The summed E-state index contributed by atoms with van der Waals surface area (Å²) < 4.78 is 117. The van der Waals surface area contributed by atoms with Crippen LogP contribution in [0.15, 0.2) is 106 Å². The van der Waals surface area contributed by atoms with Gasteiger partial charge < -0.3 is 89.6 Å². The number of fused-ring (bicyclic) bond motifs is 2. The zero-order chi connectivity index (χ0) is 71.2. The number of aromatic nitrogens is 5. The molecule has 8 rings (SSSR count). The summed E-state index contributed by atoms with van der Waals surface area (Å²) in [5, 5.41) is 50.4. The van der Waals surface area contributed by atoms with E-state index in [1.54, 1.807) is 35.1 Å². The van der Waals surface area contributed by atoms with Crippen LogP contribution in [0.3, 0.4) is 0 Å². The molecule has 3 aliphatic rings. The van der Waals surface area contributed by atoms with Crippen molar-refractivity contribution < 1.29 is 105 Å². The Morgan fingerprint density at radius 2 is 1.47 bits per heavy atom. The minimum atomic E-state index is -5.48. The third kappa shape index (κ3) is 23.4. The molecule has 1 fully saturated rings. The van der Waals surface area contributed by atoms with Gasteiger partial charge in [0.05, 0.1) is 18.4 Å². The highest BCUT2D eigenvalue weighted by Gasteiger charge is 2.47. The van der Waals surface area contributed by atoms with Crippen LogP contribution in [-0.4, -0.2) is 145 Å². The first-order valence-corrected chi connectivity index (χ1v) is 36.6. The number of allylic oxidation sites excluding steroid dienone is 1. The summed E-state index contributed by atoms with van der Waals surface area (Å²) in [6, 6.07) is 14.6. The lowest BCUT2D eigenvalue weighted by atomic mass is 9.81. The Bertz CT molecular complexity index is 3960. The van der Waals surface area contributed by atoms with E-state index in [0.29, 0.717) is 37.1 Å². The highest BCUT2D eigenvalue weighted by molar-refractivity contribution is 7.87. The van der Waals surface area contributed by atoms with E-state index in [1.165, 1.54) is 75.3 Å². The monoisotopic (exact) mass is 1420 g/mol. The largest absolute Gasteiger partial charge is 0.810 e. The molecule has 3 aromatic carbocycles. The number of aliphatic hydroxyl groups excluding tert-OH is 2. The van der Waals surface area contributed by atoms with Gasteiger partial charge in [0.15, 0.2) is 39.4 Å². The maximum Gasteiger partial charge on any atom is 0.336 e. The van der Waals surface area contributed by atoms with Crippen LogP contribution in [0, 0.1) is 0 Å². The van der Waals surface area contributed by atoms with Crippen LogP contribution in [0.2, 0.25) is 0 Å². The molecule has 1 saturated heterocycles. The van der Waals surface area contributed by atoms with Gasteiger partial charge >= 0.3 is 11.7 Å². The second kappa shape index (κ2) is 38.3. The molecule has 0 radical (unpaired) electrons. The average Bonchev–Trinajstić information content (AvgIpc) is 0.839. The van der Waals surface area contributed by atoms with Crippen LogP contribution in [0.25, 0.3) is 16.8 Å². The molecule has 1 amide bonds. The summed E-state index contributed by atoms with van der Waals surface area (Å²) in [6.45, 7) is 13.8. The van der Waals surface area contributed by atoms with E-state index in [-0.39, 0.29) is 59.6 Å². The first-order valence-electron chi connectivity index (χ1n) is 30.3. The summed E-state index contributed by atoms with van der Waals surface area (Å²) in [5.41, 5.74) is 12.9. The first kappa shape index (κ1) is 83.3. The van der Waals surface area contributed by atoms with Crippen molar-refractivity contribution in [2.45, 2.75) is 154 Å². The molecule has 0 saturated carbocycles. The van der Waals surface area contributed by atoms with Gasteiger partial charge in [-0.2, -0.15) is 0 Å². The van der Waals surface area contributed by atoms with Gasteiger partial charge in [0.2, 0.25) is 0 Å². The molecule has 7 atom stereocenters. The molecule has 2 aliphatic heterocycles. The van der Waals surface area contributed by atoms with Gasteiger partial charge in [0, 0.05) is 78.3 Å². The molecule has 534 valence electrons. The number of nitrogens with two attached hydrogens (primary N) is 3. The van der Waals surface area contributed by atoms with Crippen molar-refractivity contribution in [2.75, 3.05) is 32.1 Å². The normalized spacial score (nSPS) is 18.8. The summed E-state index contributed by atoms with van der Waals surface area (Å²) in [4.78, 5) is 77.4. The number of rotatable bonds is 24. The third-order valence-corrected chi connectivity index (χ3v) is 19.5. The van der Waals surface area contributed by atoms with Crippen molar-refractivity contribution in [3.05, 3.63) is 135 Å². The number of carboxylic acid groups (broad SMARTS) is 1. The third-order valence-electron chi connectivity index (χ3n) is 14.1. The van der Waals surface area contributed by atoms with Gasteiger partial charge in [0.25, 0.3) is 5.91 Å². The van der Waals surface area contributed by atoms with Gasteiger partial charge in [-0.15, -0.1) is 5.10 Å². The number of aryl methyl sites for hydroxylation is 1. The molecule has 1 aliphatic carbocycles. The zero-order valence-electron chi connectivity index (χ0n) is 53.7. The van der Waals surface area contributed by atoms with Crippen molar-refractivity contribution in [3.63, 3.8) is 0 Å². The standard InChI is InChI=1S/C47H53N9O21P2S2.2C4H10.2C2H7N.CH4/c1-54-36(16-19-56(47(54)62)45-39(58)38(57)35(76-45)23-75-79(66,67)24-78(63,64)65)52-74-22-25-6-8-26(9-7-25)34-21-55(53-51-34)18-5-3-2-4-17-50-44(59)27-10-11-28(31(20-27)46(60)61)37-29-12-14-32(48)42(80(68,69)70)40(29)77-41-30(37)13-15-33(49)43(41)81(71,72)73;2*1-3-4-2;2*1-2-3;/h6-16,19-21,35,38-40,42,45,48,57-58H,2-5,17-18,22-24,49H2,1H3,(H,50,59)(H,60,61)(H,66,67)(H2,63,64,65)(H,68,69,70)(H,71,72,73);2*3-4H2,1-2H3;2*2-3H2,1H3;1H4/p-3/b48-32?,52-36-;;;;;/t35-,38?,39+,40?,42?,45-;;;;;/m1...../s1. The van der Waals surface area contributed by atoms with E-state index in [1.807, 2.05) is 13.8 Å². The number of nitrogens with one attached hydrogen (secondary N) is 1. The Balaban J connectivity index is 0.00000146. The highest BCUT2D eigenvalue weighted by atomic mass is 32.2. The average molecular weight is 1430 g/mol. The molecular weight excluding hydrogens is 1340 g/mol. The Labute approximate surface area is 557 Å². The Kier molecular flexibility index (Phi) is 33.2. The van der Waals surface area contributed by atoms with E-state index in [0.717, 1.165) is 46.4 Å². The number of carbonyl (C=O) groups is 2. The number of aliphatic hydroxyl groups is 2. The van der Waals surface area contributed by atoms with Crippen molar-refractivity contribution in [3.8, 4) is 17.0 Å². The van der Waals surface area contributed by atoms with Gasteiger partial charge in [0.1, 0.15) is 64.1 Å². The number of ether oxygens (including phenoxy) is 2. The second-order valence-corrected chi connectivity index (χ2v) is 28.3. The highest BCUT2D eigenvalue weighted by Crippen LogP contribution is 2.50. The molecular formula is C60H88N11O21P2S2-3. The first-order chi connectivity index (χ1) is 44.7. The number of carbonyl (C=O) groups excluding carboxylic acids is 1. The van der Waals surface area contributed by atoms with Crippen LogP contribution in [0.1, 0.15) is 144 Å². The quantitative estimate of drug-likeness (QED) is 0.0180. The number of quaternary nitrogens is 1. The van der Waals surface area contributed by atoms with Crippen molar-refractivity contribution >= 4 is 64.3 Å². The van der Waals surface area contributed by atoms with E-state index < -0.39 is 123 Å². The van der Waals surface area contributed by atoms with Crippen LogP contribution >= 0.6 is 15.2 Å². The number of hydrogen-bond acceptors (Lipinski definition) is 25. The Morgan fingerprint density at radius 1 is 0.865 bits per heavy atom. The number of hydrogen-bond donors (Lipinski definition) is 8. The fourth-order valence-corrected chi connectivity index (χ4v) is 13.3. The fourth-order valence-electron chi connectivity index (χ4n) is 9.19. The molecule has 13 N–H and O–H groups in total. The number of carboxylic acids is 1. The van der Waals surface area contributed by atoms with E-state index in [4.69, 9.17) is 31.2 Å². The minimum absolute atomic E-state index is 0. The molecule has 0 spiro atoms. The van der Waals surface area contributed by atoms with Gasteiger partial charge in [-0.3, -0.25) is 24.0 Å². The molecule has 96 heavy (non-hydrogen) atoms. The van der Waals surface area contributed by atoms with Gasteiger partial charge in [-0.1, -0.05) is 136 Å². The number of benzene rings is 3. The zero-order valence-corrected chi connectivity index (χ0v) is 57.1. The molecule has 5 aromatic rings. The van der Waals surface area contributed by atoms with E-state index in [2.05, 4.69) is 58.7 Å². The molecule has 4 heterocycles. The molecule has 4 unspecified atom stereocenters. The Hall–Kier alpha value is -6.95. The number of unbranched alkanes of at least 4 members (excludes halogenated alkanes) is 5.